The van der Waals surface area contributed by atoms with E-state index in [1.54, 1.807) is 0 Å². The topological polar surface area (TPSA) is 71.4 Å². The van der Waals surface area contributed by atoms with E-state index in [0.29, 0.717) is 12.8 Å². The van der Waals surface area contributed by atoms with Crippen LogP contribution in [0.3, 0.4) is 0 Å². The molecule has 0 amide bonds. The molecule has 1 aromatic carbocycles. The van der Waals surface area contributed by atoms with Gasteiger partial charge in [-0.2, -0.15) is 0 Å². The largest absolute Gasteiger partial charge is 0.480 e. The van der Waals surface area contributed by atoms with Gasteiger partial charge in [0, 0.05) is 0 Å². The standard InChI is InChI=1S/C13H15FO4S/c14-10-4-6-11(7-5-10)19(17,18)13(12(15)16)8-2-1-3-9-13/h4-7H,1-3,8-9H2,(H,15,16). The molecule has 0 bridgehead atoms. The second-order valence-corrected chi connectivity index (χ2v) is 7.08. The van der Waals surface area contributed by atoms with Crippen molar-refractivity contribution >= 4 is 15.8 Å². The Labute approximate surface area is 111 Å². The lowest BCUT2D eigenvalue weighted by Crippen LogP contribution is -2.47. The van der Waals surface area contributed by atoms with Gasteiger partial charge in [-0.1, -0.05) is 19.3 Å². The Morgan fingerprint density at radius 1 is 1.11 bits per heavy atom. The van der Waals surface area contributed by atoms with Crippen LogP contribution in [0.5, 0.6) is 0 Å². The summed E-state index contributed by atoms with van der Waals surface area (Å²) in [6, 6.07) is 4.32. The SMILES string of the molecule is O=C(O)C1(S(=O)(=O)c2ccc(F)cc2)CCCCC1. The summed E-state index contributed by atoms with van der Waals surface area (Å²) in [5.41, 5.74) is 0. The molecule has 0 aliphatic heterocycles. The highest BCUT2D eigenvalue weighted by atomic mass is 32.2. The minimum Gasteiger partial charge on any atom is -0.480 e. The number of carbonyl (C=O) groups is 1. The first-order chi connectivity index (χ1) is 8.90. The molecular formula is C13H15FO4S. The van der Waals surface area contributed by atoms with Gasteiger partial charge >= 0.3 is 5.97 Å². The lowest BCUT2D eigenvalue weighted by atomic mass is 9.88. The van der Waals surface area contributed by atoms with Crippen LogP contribution in [0.4, 0.5) is 4.39 Å². The van der Waals surface area contributed by atoms with Gasteiger partial charge in [0.1, 0.15) is 5.82 Å². The Morgan fingerprint density at radius 2 is 1.63 bits per heavy atom. The quantitative estimate of drug-likeness (QED) is 0.866. The zero-order valence-corrected chi connectivity index (χ0v) is 11.1. The molecule has 4 nitrogen and oxygen atoms in total. The minimum atomic E-state index is -4.01. The third kappa shape index (κ3) is 2.25. The van der Waals surface area contributed by atoms with Gasteiger partial charge in [0.15, 0.2) is 14.6 Å². The number of carboxylic acids is 1. The van der Waals surface area contributed by atoms with Crippen molar-refractivity contribution in [1.82, 2.24) is 0 Å². The first-order valence-electron chi connectivity index (χ1n) is 6.14. The molecular weight excluding hydrogens is 271 g/mol. The fourth-order valence-corrected chi connectivity index (χ4v) is 4.56. The van der Waals surface area contributed by atoms with Crippen LogP contribution in [0.1, 0.15) is 32.1 Å². The van der Waals surface area contributed by atoms with Crippen molar-refractivity contribution in [3.05, 3.63) is 30.1 Å². The van der Waals surface area contributed by atoms with Crippen molar-refractivity contribution in [2.45, 2.75) is 41.7 Å². The maximum absolute atomic E-state index is 12.9. The van der Waals surface area contributed by atoms with E-state index in [0.717, 1.165) is 30.7 Å². The molecule has 19 heavy (non-hydrogen) atoms. The molecule has 1 fully saturated rings. The van der Waals surface area contributed by atoms with Crippen LogP contribution in [0.25, 0.3) is 0 Å². The Hall–Kier alpha value is -1.43. The fourth-order valence-electron chi connectivity index (χ4n) is 2.56. The number of hydrogen-bond donors (Lipinski definition) is 1. The van der Waals surface area contributed by atoms with Crippen molar-refractivity contribution < 1.29 is 22.7 Å². The molecule has 0 spiro atoms. The summed E-state index contributed by atoms with van der Waals surface area (Å²) in [6.07, 6.45) is 2.22. The van der Waals surface area contributed by atoms with E-state index in [9.17, 15) is 22.7 Å². The Kier molecular flexibility index (Phi) is 3.62. The third-order valence-electron chi connectivity index (χ3n) is 3.69. The Bertz CT molecular complexity index is 571. The number of halogens is 1. The average Bonchev–Trinajstić information content (AvgIpc) is 2.39. The van der Waals surface area contributed by atoms with E-state index in [1.165, 1.54) is 0 Å². The lowest BCUT2D eigenvalue weighted by molar-refractivity contribution is -0.141. The minimum absolute atomic E-state index is 0.113. The predicted octanol–water partition coefficient (Wildman–Crippen LogP) is 2.39. The molecule has 0 unspecified atom stereocenters. The van der Waals surface area contributed by atoms with Gasteiger partial charge in [-0.3, -0.25) is 4.79 Å². The summed E-state index contributed by atoms with van der Waals surface area (Å²) >= 11 is 0. The van der Waals surface area contributed by atoms with Gasteiger partial charge in [-0.15, -0.1) is 0 Å². The van der Waals surface area contributed by atoms with Crippen molar-refractivity contribution in [3.8, 4) is 0 Å². The van der Waals surface area contributed by atoms with E-state index in [-0.39, 0.29) is 17.7 Å². The molecule has 104 valence electrons. The number of rotatable bonds is 3. The summed E-state index contributed by atoms with van der Waals surface area (Å²) in [5, 5.41) is 9.39. The zero-order chi connectivity index (χ0) is 14.1. The fraction of sp³-hybridized carbons (Fsp3) is 0.462. The maximum atomic E-state index is 12.9. The van der Waals surface area contributed by atoms with Crippen molar-refractivity contribution in [3.63, 3.8) is 0 Å². The third-order valence-corrected chi connectivity index (χ3v) is 6.19. The molecule has 0 aromatic heterocycles. The molecule has 1 saturated carbocycles. The van der Waals surface area contributed by atoms with E-state index in [1.807, 2.05) is 0 Å². The highest BCUT2D eigenvalue weighted by Gasteiger charge is 2.51. The summed E-state index contributed by atoms with van der Waals surface area (Å²) in [7, 11) is -4.01. The van der Waals surface area contributed by atoms with Crippen LogP contribution in [-0.4, -0.2) is 24.2 Å². The highest BCUT2D eigenvalue weighted by Crippen LogP contribution is 2.39. The molecule has 0 radical (unpaired) electrons. The van der Waals surface area contributed by atoms with E-state index in [4.69, 9.17) is 0 Å². The van der Waals surface area contributed by atoms with E-state index >= 15 is 0 Å². The smallest absolute Gasteiger partial charge is 0.325 e. The number of aliphatic carboxylic acids is 1. The van der Waals surface area contributed by atoms with Crippen LogP contribution >= 0.6 is 0 Å². The number of benzene rings is 1. The summed E-state index contributed by atoms with van der Waals surface area (Å²) in [5.74, 6) is -1.86. The molecule has 1 aliphatic carbocycles. The molecule has 1 aromatic rings. The van der Waals surface area contributed by atoms with Crippen molar-refractivity contribution in [2.24, 2.45) is 0 Å². The second kappa shape index (κ2) is 4.92. The maximum Gasteiger partial charge on any atom is 0.325 e. The Balaban J connectivity index is 2.51. The summed E-state index contributed by atoms with van der Waals surface area (Å²) < 4.78 is 36.2. The average molecular weight is 286 g/mol. The van der Waals surface area contributed by atoms with Crippen molar-refractivity contribution in [2.75, 3.05) is 0 Å². The predicted molar refractivity (Wildman–Crippen MR) is 67.0 cm³/mol. The summed E-state index contributed by atoms with van der Waals surface area (Å²) in [6.45, 7) is 0. The number of sulfone groups is 1. The zero-order valence-electron chi connectivity index (χ0n) is 10.3. The monoisotopic (exact) mass is 286 g/mol. The molecule has 6 heteroatoms. The van der Waals surface area contributed by atoms with Crippen LogP contribution in [0.2, 0.25) is 0 Å². The normalized spacial score (nSPS) is 19.0. The molecule has 0 atom stereocenters. The van der Waals surface area contributed by atoms with Gasteiger partial charge in [-0.05, 0) is 37.1 Å². The van der Waals surface area contributed by atoms with Gasteiger partial charge in [0.2, 0.25) is 0 Å². The first-order valence-corrected chi connectivity index (χ1v) is 7.62. The van der Waals surface area contributed by atoms with E-state index in [2.05, 4.69) is 0 Å². The van der Waals surface area contributed by atoms with Crippen LogP contribution in [-0.2, 0) is 14.6 Å². The first kappa shape index (κ1) is 14.0. The van der Waals surface area contributed by atoms with Crippen LogP contribution < -0.4 is 0 Å². The summed E-state index contributed by atoms with van der Waals surface area (Å²) in [4.78, 5) is 11.4. The van der Waals surface area contributed by atoms with Gasteiger partial charge in [0.25, 0.3) is 0 Å². The molecule has 1 aliphatic rings. The number of hydrogen-bond acceptors (Lipinski definition) is 3. The lowest BCUT2D eigenvalue weighted by Gasteiger charge is -2.32. The number of carboxylic acid groups (broad SMARTS) is 1. The van der Waals surface area contributed by atoms with Crippen LogP contribution in [0.15, 0.2) is 29.2 Å². The Morgan fingerprint density at radius 3 is 2.11 bits per heavy atom. The van der Waals surface area contributed by atoms with Gasteiger partial charge in [0.05, 0.1) is 4.90 Å². The van der Waals surface area contributed by atoms with Crippen molar-refractivity contribution in [1.29, 1.82) is 0 Å². The molecule has 0 saturated heterocycles. The molecule has 1 N–H and O–H groups in total. The van der Waals surface area contributed by atoms with Crippen LogP contribution in [0, 0.1) is 5.82 Å². The van der Waals surface area contributed by atoms with Gasteiger partial charge in [-0.25, -0.2) is 12.8 Å². The highest BCUT2D eigenvalue weighted by molar-refractivity contribution is 7.93. The molecule has 2 rings (SSSR count). The van der Waals surface area contributed by atoms with Gasteiger partial charge < -0.3 is 5.11 Å². The molecule has 0 heterocycles. The second-order valence-electron chi connectivity index (χ2n) is 4.82. The van der Waals surface area contributed by atoms with E-state index < -0.39 is 26.4 Å².